The van der Waals surface area contributed by atoms with Crippen LogP contribution in [0.15, 0.2) is 48.5 Å². The van der Waals surface area contributed by atoms with Crippen LogP contribution in [-0.2, 0) is 12.8 Å². The summed E-state index contributed by atoms with van der Waals surface area (Å²) in [6.45, 7) is 0. The zero-order valence-corrected chi connectivity index (χ0v) is 11.5. The van der Waals surface area contributed by atoms with E-state index >= 15 is 0 Å². The highest BCUT2D eigenvalue weighted by molar-refractivity contribution is 6.58. The van der Waals surface area contributed by atoms with E-state index < -0.39 is 13.4 Å². The highest BCUT2D eigenvalue weighted by Crippen LogP contribution is 2.31. The van der Waals surface area contributed by atoms with Crippen molar-refractivity contribution < 1.29 is 19.9 Å². The Bertz CT molecular complexity index is 615. The lowest BCUT2D eigenvalue weighted by molar-refractivity contribution is -0.0724. The number of rotatable bonds is 3. The molecule has 0 amide bonds. The quantitative estimate of drug-likeness (QED) is 0.717. The molecular weight excluding hydrogens is 267 g/mol. The Hall–Kier alpha value is -1.82. The molecule has 0 spiro atoms. The molecule has 1 heterocycles. The van der Waals surface area contributed by atoms with Crippen LogP contribution in [0.4, 0.5) is 0 Å². The third-order valence-electron chi connectivity index (χ3n) is 3.86. The first kappa shape index (κ1) is 14.1. The molecule has 0 aliphatic carbocycles. The van der Waals surface area contributed by atoms with Crippen LogP contribution < -0.4 is 10.2 Å². The number of aliphatic hydroxyl groups excluding tert-OH is 1. The first-order chi connectivity index (χ1) is 10.1. The van der Waals surface area contributed by atoms with Crippen molar-refractivity contribution in [3.8, 4) is 5.75 Å². The largest absolute Gasteiger partial charge is 0.488 e. The van der Waals surface area contributed by atoms with Crippen molar-refractivity contribution in [2.24, 2.45) is 5.92 Å². The van der Waals surface area contributed by atoms with Gasteiger partial charge in [-0.2, -0.15) is 0 Å². The Kier molecular flexibility index (Phi) is 3.97. The molecule has 21 heavy (non-hydrogen) atoms. The maximum absolute atomic E-state index is 10.2. The summed E-state index contributed by atoms with van der Waals surface area (Å²) in [6.07, 6.45) is 0.558. The number of fused-ring (bicyclic) bond motifs is 1. The van der Waals surface area contributed by atoms with Gasteiger partial charge in [-0.3, -0.25) is 0 Å². The van der Waals surface area contributed by atoms with Crippen molar-refractivity contribution in [3.05, 3.63) is 59.7 Å². The van der Waals surface area contributed by atoms with E-state index in [4.69, 9.17) is 4.74 Å². The maximum atomic E-state index is 10.2. The highest BCUT2D eigenvalue weighted by Gasteiger charge is 2.29. The second kappa shape index (κ2) is 5.89. The second-order valence-electron chi connectivity index (χ2n) is 5.40. The normalized spacial score (nSPS) is 20.5. The van der Waals surface area contributed by atoms with Crippen molar-refractivity contribution in [2.75, 3.05) is 0 Å². The molecule has 3 rings (SSSR count). The van der Waals surface area contributed by atoms with Crippen molar-refractivity contribution in [1.82, 2.24) is 0 Å². The monoisotopic (exact) mass is 284 g/mol. The molecule has 4 nitrogen and oxygen atoms in total. The molecule has 108 valence electrons. The van der Waals surface area contributed by atoms with Crippen LogP contribution in [0.25, 0.3) is 0 Å². The first-order valence-corrected chi connectivity index (χ1v) is 7.01. The lowest BCUT2D eigenvalue weighted by Crippen LogP contribution is -2.36. The Balaban J connectivity index is 1.79. The summed E-state index contributed by atoms with van der Waals surface area (Å²) < 4.78 is 5.54. The number of ether oxygens (including phenoxy) is 1. The van der Waals surface area contributed by atoms with Gasteiger partial charge in [0, 0.05) is 5.92 Å². The molecule has 2 aromatic carbocycles. The Morgan fingerprint density at radius 2 is 1.86 bits per heavy atom. The van der Waals surface area contributed by atoms with Crippen molar-refractivity contribution in [2.45, 2.75) is 19.1 Å². The second-order valence-corrected chi connectivity index (χ2v) is 5.40. The molecule has 0 saturated carbocycles. The molecule has 0 aromatic heterocycles. The Labute approximate surface area is 123 Å². The third kappa shape index (κ3) is 3.10. The summed E-state index contributed by atoms with van der Waals surface area (Å²) in [4.78, 5) is 0. The summed E-state index contributed by atoms with van der Waals surface area (Å²) in [5.74, 6) is 0.516. The van der Waals surface area contributed by atoms with E-state index in [0.29, 0.717) is 17.6 Å². The average Bonchev–Trinajstić information content (AvgIpc) is 2.48. The molecule has 0 bridgehead atoms. The van der Waals surface area contributed by atoms with Gasteiger partial charge in [-0.25, -0.2) is 0 Å². The molecule has 5 heteroatoms. The molecule has 3 N–H and O–H groups in total. The van der Waals surface area contributed by atoms with Gasteiger partial charge in [-0.05, 0) is 35.5 Å². The minimum Gasteiger partial charge on any atom is -0.465 e. The van der Waals surface area contributed by atoms with Crippen LogP contribution >= 0.6 is 0 Å². The van der Waals surface area contributed by atoms with Crippen LogP contribution in [0.5, 0.6) is 5.75 Å². The predicted molar refractivity (Wildman–Crippen MR) is 80.2 cm³/mol. The molecule has 1 aliphatic heterocycles. The van der Waals surface area contributed by atoms with E-state index in [9.17, 15) is 15.2 Å². The Morgan fingerprint density at radius 1 is 1.10 bits per heavy atom. The molecule has 0 fully saturated rings. The van der Waals surface area contributed by atoms with E-state index in [2.05, 4.69) is 0 Å². The summed E-state index contributed by atoms with van der Waals surface area (Å²) in [5, 5.41) is 28.5. The van der Waals surface area contributed by atoms with E-state index in [1.807, 2.05) is 36.4 Å². The first-order valence-electron chi connectivity index (χ1n) is 7.01. The number of hydrogen-bond acceptors (Lipinski definition) is 4. The van der Waals surface area contributed by atoms with Gasteiger partial charge in [-0.15, -0.1) is 0 Å². The predicted octanol–water partition coefficient (Wildman–Crippen LogP) is 0.479. The molecule has 0 radical (unpaired) electrons. The van der Waals surface area contributed by atoms with Crippen molar-refractivity contribution >= 4 is 12.6 Å². The fourth-order valence-corrected chi connectivity index (χ4v) is 2.71. The lowest BCUT2D eigenvalue weighted by atomic mass is 9.78. The van der Waals surface area contributed by atoms with E-state index in [1.54, 1.807) is 12.1 Å². The standard InChI is InChI=1S/C16H17BO4/c18-16-13(8-11-4-2-1-3-5-11)9-12-6-7-14(17(19)20)10-15(12)21-16/h1-7,10,13,16,18-20H,8-9H2/t13-,16?/m0/s1. The average molecular weight is 284 g/mol. The molecular formula is C16H17BO4. The maximum Gasteiger partial charge on any atom is 0.488 e. The van der Waals surface area contributed by atoms with Gasteiger partial charge >= 0.3 is 7.12 Å². The van der Waals surface area contributed by atoms with Crippen LogP contribution in [0.1, 0.15) is 11.1 Å². The van der Waals surface area contributed by atoms with Crippen LogP contribution in [-0.4, -0.2) is 28.6 Å². The van der Waals surface area contributed by atoms with Gasteiger partial charge in [0.05, 0.1) is 0 Å². The minimum atomic E-state index is -1.53. The van der Waals surface area contributed by atoms with E-state index in [-0.39, 0.29) is 5.92 Å². The molecule has 1 aliphatic rings. The van der Waals surface area contributed by atoms with E-state index in [0.717, 1.165) is 17.5 Å². The van der Waals surface area contributed by atoms with Crippen LogP contribution in [0.3, 0.4) is 0 Å². The zero-order chi connectivity index (χ0) is 14.8. The fourth-order valence-electron chi connectivity index (χ4n) is 2.71. The topological polar surface area (TPSA) is 69.9 Å². The number of hydrogen-bond donors (Lipinski definition) is 3. The number of benzene rings is 2. The Morgan fingerprint density at radius 3 is 2.57 bits per heavy atom. The van der Waals surface area contributed by atoms with Crippen molar-refractivity contribution in [1.29, 1.82) is 0 Å². The molecule has 1 unspecified atom stereocenters. The van der Waals surface area contributed by atoms with Gasteiger partial charge in [0.1, 0.15) is 5.75 Å². The molecule has 0 saturated heterocycles. The lowest BCUT2D eigenvalue weighted by Gasteiger charge is -2.30. The van der Waals surface area contributed by atoms with E-state index in [1.165, 1.54) is 0 Å². The third-order valence-corrected chi connectivity index (χ3v) is 3.86. The van der Waals surface area contributed by atoms with Gasteiger partial charge in [0.25, 0.3) is 0 Å². The zero-order valence-electron chi connectivity index (χ0n) is 11.5. The summed E-state index contributed by atoms with van der Waals surface area (Å²) in [5.41, 5.74) is 2.50. The summed E-state index contributed by atoms with van der Waals surface area (Å²) in [6, 6.07) is 15.1. The highest BCUT2D eigenvalue weighted by atomic mass is 16.6. The molecule has 2 atom stereocenters. The summed E-state index contributed by atoms with van der Waals surface area (Å²) >= 11 is 0. The fraction of sp³-hybridized carbons (Fsp3) is 0.250. The minimum absolute atomic E-state index is 0.00944. The molecule has 2 aromatic rings. The van der Waals surface area contributed by atoms with Crippen molar-refractivity contribution in [3.63, 3.8) is 0 Å². The smallest absolute Gasteiger partial charge is 0.465 e. The summed E-state index contributed by atoms with van der Waals surface area (Å²) in [7, 11) is -1.53. The van der Waals surface area contributed by atoms with Gasteiger partial charge in [0.2, 0.25) is 6.29 Å². The van der Waals surface area contributed by atoms with Crippen LogP contribution in [0, 0.1) is 5.92 Å². The van der Waals surface area contributed by atoms with Gasteiger partial charge in [-0.1, -0.05) is 42.5 Å². The van der Waals surface area contributed by atoms with Gasteiger partial charge in [0.15, 0.2) is 0 Å². The SMILES string of the molecule is OB(O)c1ccc2c(c1)OC(O)[C@@H](Cc1ccccc1)C2. The number of aliphatic hydroxyl groups is 1. The van der Waals surface area contributed by atoms with Crippen LogP contribution in [0.2, 0.25) is 0 Å². The van der Waals surface area contributed by atoms with Gasteiger partial charge < -0.3 is 19.9 Å².